The molecule has 6 heteroatoms. The van der Waals surface area contributed by atoms with E-state index >= 15 is 0 Å². The monoisotopic (exact) mass is 437 g/mol. The Balaban J connectivity index is 1.79. The lowest BCUT2D eigenvalue weighted by atomic mass is 9.95. The summed E-state index contributed by atoms with van der Waals surface area (Å²) in [7, 11) is 0. The van der Waals surface area contributed by atoms with Crippen LogP contribution in [0.2, 0.25) is 0 Å². The molecule has 3 aromatic rings. The number of ketones is 1. The van der Waals surface area contributed by atoms with Gasteiger partial charge in [0.15, 0.2) is 11.5 Å². The molecular weight excluding hydrogens is 422 g/mol. The molecule has 0 radical (unpaired) electrons. The molecule has 0 fully saturated rings. The maximum absolute atomic E-state index is 13.0. The minimum atomic E-state index is -0.710. The number of nitrogens with zero attached hydrogens (tertiary/aromatic N) is 1. The van der Waals surface area contributed by atoms with Crippen molar-refractivity contribution < 1.29 is 19.1 Å². The summed E-state index contributed by atoms with van der Waals surface area (Å²) in [4.78, 5) is 27.4. The molecule has 0 saturated carbocycles. The molecule has 5 nitrogen and oxygen atoms in total. The lowest BCUT2D eigenvalue weighted by molar-refractivity contribution is -0.130. The number of hydrogen-bond donors (Lipinski definition) is 1. The van der Waals surface area contributed by atoms with Crippen molar-refractivity contribution in [2.24, 2.45) is 0 Å². The Labute approximate surface area is 170 Å². The molecule has 0 aliphatic carbocycles. The van der Waals surface area contributed by atoms with E-state index in [0.717, 1.165) is 15.6 Å². The number of carbonyl (C=O) groups excluding carboxylic acids is 2. The minimum Gasteiger partial charge on any atom is -0.503 e. The van der Waals surface area contributed by atoms with Gasteiger partial charge in [-0.3, -0.25) is 9.59 Å². The number of halogens is 1. The van der Waals surface area contributed by atoms with Crippen molar-refractivity contribution in [2.75, 3.05) is 0 Å². The molecule has 4 rings (SSSR count). The van der Waals surface area contributed by atoms with Crippen LogP contribution in [-0.4, -0.2) is 21.7 Å². The number of furan rings is 1. The maximum Gasteiger partial charge on any atom is 0.290 e. The lowest BCUT2D eigenvalue weighted by Crippen LogP contribution is -2.30. The molecule has 0 spiro atoms. The van der Waals surface area contributed by atoms with Crippen molar-refractivity contribution in [3.63, 3.8) is 0 Å². The van der Waals surface area contributed by atoms with E-state index in [-0.39, 0.29) is 17.9 Å². The summed E-state index contributed by atoms with van der Waals surface area (Å²) in [6.07, 6.45) is 1.39. The van der Waals surface area contributed by atoms with Gasteiger partial charge in [0, 0.05) is 11.0 Å². The van der Waals surface area contributed by atoms with Gasteiger partial charge in [-0.15, -0.1) is 0 Å². The molecule has 1 aliphatic rings. The fourth-order valence-electron chi connectivity index (χ4n) is 3.36. The summed E-state index contributed by atoms with van der Waals surface area (Å²) in [5.41, 5.74) is 1.65. The van der Waals surface area contributed by atoms with Gasteiger partial charge < -0.3 is 14.4 Å². The van der Waals surface area contributed by atoms with Crippen molar-refractivity contribution in [1.29, 1.82) is 0 Å². The predicted octanol–water partition coefficient (Wildman–Crippen LogP) is 4.82. The number of carbonyl (C=O) groups is 2. The quantitative estimate of drug-likeness (QED) is 0.580. The van der Waals surface area contributed by atoms with E-state index in [9.17, 15) is 14.7 Å². The standard InChI is InChI=1S/C22H16BrNO4/c23-16-10-8-15(9-11-16)19-18(20(25)17-7-4-12-28-17)21(26)22(27)24(19)13-14-5-2-1-3-6-14/h1-12,19,26H,13H2. The zero-order chi connectivity index (χ0) is 19.7. The van der Waals surface area contributed by atoms with E-state index in [0.29, 0.717) is 0 Å². The Bertz CT molecular complexity index is 1040. The molecule has 1 aliphatic heterocycles. The van der Waals surface area contributed by atoms with E-state index in [1.165, 1.54) is 17.2 Å². The topological polar surface area (TPSA) is 70.8 Å². The minimum absolute atomic E-state index is 0.0261. The van der Waals surface area contributed by atoms with Crippen LogP contribution in [0.25, 0.3) is 0 Å². The summed E-state index contributed by atoms with van der Waals surface area (Å²) in [6.45, 7) is 0.263. The Morgan fingerprint density at radius 3 is 2.39 bits per heavy atom. The molecule has 1 unspecified atom stereocenters. The number of benzene rings is 2. The van der Waals surface area contributed by atoms with Gasteiger partial charge in [0.1, 0.15) is 0 Å². The Morgan fingerprint density at radius 1 is 1.04 bits per heavy atom. The van der Waals surface area contributed by atoms with Crippen molar-refractivity contribution >= 4 is 27.6 Å². The number of hydrogen-bond acceptors (Lipinski definition) is 4. The predicted molar refractivity (Wildman–Crippen MR) is 107 cm³/mol. The highest BCUT2D eigenvalue weighted by molar-refractivity contribution is 9.10. The zero-order valence-corrected chi connectivity index (χ0v) is 16.3. The van der Waals surface area contributed by atoms with Crippen molar-refractivity contribution in [3.8, 4) is 0 Å². The molecule has 0 saturated heterocycles. The zero-order valence-electron chi connectivity index (χ0n) is 14.7. The third-order valence-electron chi connectivity index (χ3n) is 4.67. The molecule has 1 aromatic heterocycles. The number of rotatable bonds is 5. The molecule has 1 atom stereocenters. The third-order valence-corrected chi connectivity index (χ3v) is 5.20. The van der Waals surface area contributed by atoms with Gasteiger partial charge in [-0.1, -0.05) is 58.4 Å². The molecule has 140 valence electrons. The van der Waals surface area contributed by atoms with Gasteiger partial charge in [-0.2, -0.15) is 0 Å². The molecular formula is C22H16BrNO4. The normalized spacial score (nSPS) is 16.7. The molecule has 2 heterocycles. The van der Waals surface area contributed by atoms with Crippen LogP contribution in [0.4, 0.5) is 0 Å². The van der Waals surface area contributed by atoms with Gasteiger partial charge in [0.05, 0.1) is 17.9 Å². The van der Waals surface area contributed by atoms with E-state index < -0.39 is 23.5 Å². The van der Waals surface area contributed by atoms with Gasteiger partial charge in [0.2, 0.25) is 5.78 Å². The highest BCUT2D eigenvalue weighted by Gasteiger charge is 2.44. The first-order chi connectivity index (χ1) is 13.6. The van der Waals surface area contributed by atoms with Gasteiger partial charge in [-0.25, -0.2) is 0 Å². The van der Waals surface area contributed by atoms with Gasteiger partial charge in [-0.05, 0) is 35.4 Å². The Morgan fingerprint density at radius 2 is 1.75 bits per heavy atom. The average Bonchev–Trinajstić information content (AvgIpc) is 3.33. The van der Waals surface area contributed by atoms with Crippen LogP contribution in [-0.2, 0) is 11.3 Å². The number of aliphatic hydroxyl groups is 1. The lowest BCUT2D eigenvalue weighted by Gasteiger charge is -2.27. The summed E-state index contributed by atoms with van der Waals surface area (Å²) >= 11 is 3.40. The number of amides is 1. The highest BCUT2D eigenvalue weighted by atomic mass is 79.9. The second-order valence-electron chi connectivity index (χ2n) is 6.44. The van der Waals surface area contributed by atoms with Gasteiger partial charge in [0.25, 0.3) is 5.91 Å². The van der Waals surface area contributed by atoms with Crippen molar-refractivity contribution in [1.82, 2.24) is 4.90 Å². The summed E-state index contributed by atoms with van der Waals surface area (Å²) in [6, 6.07) is 19.2. The van der Waals surface area contributed by atoms with E-state index in [1.54, 1.807) is 6.07 Å². The summed E-state index contributed by atoms with van der Waals surface area (Å²) in [5.74, 6) is -1.53. The second-order valence-corrected chi connectivity index (χ2v) is 7.36. The Hall–Kier alpha value is -3.12. The van der Waals surface area contributed by atoms with Gasteiger partial charge >= 0.3 is 0 Å². The number of Topliss-reactive ketones (excluding diaryl/α,β-unsaturated/α-hetero) is 1. The first-order valence-electron chi connectivity index (χ1n) is 8.68. The van der Waals surface area contributed by atoms with Crippen LogP contribution in [0.15, 0.2) is 93.2 Å². The van der Waals surface area contributed by atoms with E-state index in [2.05, 4.69) is 15.9 Å². The van der Waals surface area contributed by atoms with Crippen LogP contribution >= 0.6 is 15.9 Å². The van der Waals surface area contributed by atoms with Crippen LogP contribution in [0, 0.1) is 0 Å². The average molecular weight is 438 g/mol. The van der Waals surface area contributed by atoms with Crippen LogP contribution in [0.1, 0.15) is 27.7 Å². The fourth-order valence-corrected chi connectivity index (χ4v) is 3.63. The first kappa shape index (κ1) is 18.3. The van der Waals surface area contributed by atoms with E-state index in [1.807, 2.05) is 54.6 Å². The Kier molecular flexibility index (Phi) is 4.88. The third kappa shape index (κ3) is 3.27. The maximum atomic E-state index is 13.0. The fraction of sp³-hybridized carbons (Fsp3) is 0.0909. The molecule has 1 N–H and O–H groups in total. The van der Waals surface area contributed by atoms with Crippen LogP contribution < -0.4 is 0 Å². The molecule has 1 amide bonds. The summed E-state index contributed by atoms with van der Waals surface area (Å²) in [5, 5.41) is 10.6. The highest BCUT2D eigenvalue weighted by Crippen LogP contribution is 2.40. The largest absolute Gasteiger partial charge is 0.503 e. The van der Waals surface area contributed by atoms with Crippen LogP contribution in [0.3, 0.4) is 0 Å². The van der Waals surface area contributed by atoms with Crippen molar-refractivity contribution in [2.45, 2.75) is 12.6 Å². The van der Waals surface area contributed by atoms with E-state index in [4.69, 9.17) is 4.42 Å². The first-order valence-corrected chi connectivity index (χ1v) is 9.47. The molecule has 0 bridgehead atoms. The molecule has 28 heavy (non-hydrogen) atoms. The number of aliphatic hydroxyl groups excluding tert-OH is 1. The summed E-state index contributed by atoms with van der Waals surface area (Å²) < 4.78 is 6.09. The SMILES string of the molecule is O=C(C1=C(O)C(=O)N(Cc2ccccc2)C1c1ccc(Br)cc1)c1ccco1. The second kappa shape index (κ2) is 7.48. The van der Waals surface area contributed by atoms with Crippen molar-refractivity contribution in [3.05, 3.63) is 106 Å². The smallest absolute Gasteiger partial charge is 0.290 e. The van der Waals surface area contributed by atoms with Crippen LogP contribution in [0.5, 0.6) is 0 Å². The molecule has 2 aromatic carbocycles.